The van der Waals surface area contributed by atoms with Gasteiger partial charge in [0.25, 0.3) is 0 Å². The van der Waals surface area contributed by atoms with Gasteiger partial charge in [0.2, 0.25) is 11.6 Å². The molecule has 0 amide bonds. The topological polar surface area (TPSA) is 142 Å². The fourth-order valence-electron chi connectivity index (χ4n) is 8.34. The summed E-state index contributed by atoms with van der Waals surface area (Å²) >= 11 is 52.8. The molecule has 12 nitrogen and oxygen atoms in total. The average molecular weight is 858 g/mol. The van der Waals surface area contributed by atoms with Gasteiger partial charge in [-0.05, 0) is 20.8 Å². The minimum Gasteiger partial charge on any atom is -0.469 e. The van der Waals surface area contributed by atoms with E-state index in [-0.39, 0.29) is 20.1 Å². The molecule has 4 aliphatic rings. The Bertz CT molecular complexity index is 1480. The lowest BCUT2D eigenvalue weighted by Gasteiger charge is -2.48. The molecular weight excluding hydrogens is 824 g/mol. The van der Waals surface area contributed by atoms with Gasteiger partial charge in [-0.2, -0.15) is 0 Å². The molecule has 8 unspecified atom stereocenters. The Labute approximate surface area is 323 Å². The number of carbonyl (C=O) groups is 4. The molecule has 4 bridgehead atoms. The number of alkyl halides is 4. The van der Waals surface area contributed by atoms with E-state index in [1.54, 1.807) is 0 Å². The molecular formula is C29H34Cl8O12. The van der Waals surface area contributed by atoms with Gasteiger partial charge in [0, 0.05) is 28.4 Å². The predicted octanol–water partition coefficient (Wildman–Crippen LogP) is 5.62. The van der Waals surface area contributed by atoms with Gasteiger partial charge in [0.15, 0.2) is 19.5 Å². The van der Waals surface area contributed by atoms with Crippen molar-refractivity contribution in [3.63, 3.8) is 0 Å². The number of esters is 4. The smallest absolute Gasteiger partial charge is 0.315 e. The number of carbonyl (C=O) groups excluding carboxylic acids is 4. The van der Waals surface area contributed by atoms with E-state index in [0.717, 1.165) is 28.4 Å². The fourth-order valence-corrected chi connectivity index (χ4v) is 13.0. The normalized spacial score (nSPS) is 40.9. The first-order valence-corrected chi connectivity index (χ1v) is 16.9. The van der Waals surface area contributed by atoms with Crippen LogP contribution in [-0.4, -0.2) is 112 Å². The number of fused-ring (bicyclic) bond motifs is 4. The second kappa shape index (κ2) is 13.1. The van der Waals surface area contributed by atoms with Crippen LogP contribution in [0.25, 0.3) is 0 Å². The number of halogens is 8. The first kappa shape index (κ1) is 42.9. The van der Waals surface area contributed by atoms with Gasteiger partial charge in [0.1, 0.15) is 22.2 Å². The quantitative estimate of drug-likeness (QED) is 0.130. The molecule has 49 heavy (non-hydrogen) atoms. The lowest BCUT2D eigenvalue weighted by molar-refractivity contribution is -0.226. The third-order valence-electron chi connectivity index (χ3n) is 10.9. The standard InChI is InChI=1S/C15H18Cl4O6.C14H16Cl4O6/c1-11(9(20)22-3)12(2,10(21)23-4)14(19)8(17)7(16)13(11,18)15(14,24-5)25-6;1-11(10(20)22-3)6(9(19)21-2)12(17)7(15)8(16)13(11,18)14(12,23-4)24-5/h1-6H3;6H,1-5H3. The van der Waals surface area contributed by atoms with Crippen LogP contribution >= 0.6 is 92.8 Å². The van der Waals surface area contributed by atoms with E-state index in [9.17, 15) is 19.2 Å². The molecule has 4 aliphatic carbocycles. The van der Waals surface area contributed by atoms with E-state index >= 15 is 0 Å². The summed E-state index contributed by atoms with van der Waals surface area (Å²) in [5.41, 5.74) is -5.46. The summed E-state index contributed by atoms with van der Waals surface area (Å²) in [4.78, 5) is 43.2. The zero-order valence-electron chi connectivity index (χ0n) is 28.0. The molecule has 0 aromatic rings. The summed E-state index contributed by atoms with van der Waals surface area (Å²) in [6, 6.07) is 0. The van der Waals surface area contributed by atoms with Crippen LogP contribution in [0.5, 0.6) is 0 Å². The Morgan fingerprint density at radius 1 is 0.490 bits per heavy atom. The highest BCUT2D eigenvalue weighted by atomic mass is 35.5. The molecule has 8 atom stereocenters. The second-order valence-electron chi connectivity index (χ2n) is 11.9. The zero-order valence-corrected chi connectivity index (χ0v) is 34.0. The van der Waals surface area contributed by atoms with Gasteiger partial charge in [-0.3, -0.25) is 19.2 Å². The molecule has 278 valence electrons. The van der Waals surface area contributed by atoms with Gasteiger partial charge in [-0.1, -0.05) is 46.4 Å². The van der Waals surface area contributed by atoms with E-state index in [1.807, 2.05) is 0 Å². The van der Waals surface area contributed by atoms with Crippen molar-refractivity contribution < 1.29 is 57.1 Å². The third kappa shape index (κ3) is 3.97. The summed E-state index contributed by atoms with van der Waals surface area (Å²) in [6.45, 7) is 4.17. The average Bonchev–Trinajstić information content (AvgIpc) is 3.45. The number of hydrogen-bond acceptors (Lipinski definition) is 12. The number of rotatable bonds is 8. The first-order chi connectivity index (χ1) is 22.4. The van der Waals surface area contributed by atoms with Crippen LogP contribution in [0.4, 0.5) is 0 Å². The molecule has 0 spiro atoms. The fraction of sp³-hybridized carbons (Fsp3) is 0.724. The largest absolute Gasteiger partial charge is 0.469 e. The summed E-state index contributed by atoms with van der Waals surface area (Å²) < 4.78 is 41.6. The van der Waals surface area contributed by atoms with Gasteiger partial charge in [-0.25, -0.2) is 0 Å². The zero-order chi connectivity index (χ0) is 38.4. The highest BCUT2D eigenvalue weighted by molar-refractivity contribution is 6.54. The highest BCUT2D eigenvalue weighted by Crippen LogP contribution is 2.83. The Kier molecular flexibility index (Phi) is 11.5. The predicted molar refractivity (Wildman–Crippen MR) is 181 cm³/mol. The summed E-state index contributed by atoms with van der Waals surface area (Å²) in [5.74, 6) is -8.62. The molecule has 4 rings (SSSR count). The number of methoxy groups -OCH3 is 8. The minimum absolute atomic E-state index is 0.152. The lowest BCUT2D eigenvalue weighted by Crippen LogP contribution is -2.61. The number of hydrogen-bond donors (Lipinski definition) is 0. The molecule has 2 saturated carbocycles. The summed E-state index contributed by atoms with van der Waals surface area (Å²) in [6.07, 6.45) is 0. The van der Waals surface area contributed by atoms with Gasteiger partial charge < -0.3 is 37.9 Å². The van der Waals surface area contributed by atoms with Crippen LogP contribution in [0.3, 0.4) is 0 Å². The van der Waals surface area contributed by atoms with Gasteiger partial charge in [0.05, 0.1) is 48.6 Å². The summed E-state index contributed by atoms with van der Waals surface area (Å²) in [7, 11) is 9.64. The molecule has 0 saturated heterocycles. The van der Waals surface area contributed by atoms with Crippen molar-refractivity contribution in [2.24, 2.45) is 22.2 Å². The van der Waals surface area contributed by atoms with Crippen LogP contribution in [0.15, 0.2) is 20.1 Å². The molecule has 0 aromatic heterocycles. The van der Waals surface area contributed by atoms with E-state index in [2.05, 4.69) is 0 Å². The second-order valence-corrected chi connectivity index (χ2v) is 15.7. The monoisotopic (exact) mass is 854 g/mol. The number of ether oxygens (including phenoxy) is 8. The Morgan fingerprint density at radius 3 is 1.10 bits per heavy atom. The first-order valence-electron chi connectivity index (χ1n) is 13.8. The molecule has 0 radical (unpaired) electrons. The third-order valence-corrected chi connectivity index (χ3v) is 16.5. The van der Waals surface area contributed by atoms with Crippen LogP contribution in [-0.2, 0) is 57.1 Å². The Balaban J connectivity index is 0.000000266. The van der Waals surface area contributed by atoms with Crippen molar-refractivity contribution in [3.05, 3.63) is 20.1 Å². The molecule has 0 N–H and O–H groups in total. The maximum atomic E-state index is 12.9. The van der Waals surface area contributed by atoms with Crippen molar-refractivity contribution >= 4 is 117 Å². The van der Waals surface area contributed by atoms with Crippen molar-refractivity contribution in [2.75, 3.05) is 56.9 Å². The molecule has 0 aromatic carbocycles. The molecule has 20 heteroatoms. The van der Waals surface area contributed by atoms with Crippen LogP contribution in [0, 0.1) is 22.2 Å². The van der Waals surface area contributed by atoms with Crippen molar-refractivity contribution in [1.29, 1.82) is 0 Å². The van der Waals surface area contributed by atoms with E-state index in [1.165, 1.54) is 49.2 Å². The van der Waals surface area contributed by atoms with Crippen LogP contribution in [0.1, 0.15) is 20.8 Å². The van der Waals surface area contributed by atoms with E-state index in [4.69, 9.17) is 131 Å². The van der Waals surface area contributed by atoms with Crippen LogP contribution in [0.2, 0.25) is 0 Å². The highest BCUT2D eigenvalue weighted by Gasteiger charge is 2.97. The van der Waals surface area contributed by atoms with Crippen molar-refractivity contribution in [1.82, 2.24) is 0 Å². The maximum Gasteiger partial charge on any atom is 0.315 e. The molecule has 0 aliphatic heterocycles. The Hall–Kier alpha value is -0.480. The minimum atomic E-state index is -1.96. The van der Waals surface area contributed by atoms with Gasteiger partial charge >= 0.3 is 23.9 Å². The van der Waals surface area contributed by atoms with Crippen LogP contribution < -0.4 is 0 Å². The molecule has 0 heterocycles. The Morgan fingerprint density at radius 2 is 0.816 bits per heavy atom. The van der Waals surface area contributed by atoms with E-state index in [0.29, 0.717) is 0 Å². The SMILES string of the molecule is COC(=O)C1(C)C(C)(C(=O)OC)C2(Cl)C(Cl)=C(Cl)C1(Cl)C2(OC)OC.COC(=O)C1C(C)(C(=O)OC)C2(Cl)C(Cl)=C(Cl)C1(Cl)C2(OC)OC. The van der Waals surface area contributed by atoms with Gasteiger partial charge in [-0.15, -0.1) is 46.4 Å². The lowest BCUT2D eigenvalue weighted by atomic mass is 9.59. The summed E-state index contributed by atoms with van der Waals surface area (Å²) in [5, 5.41) is -0.633. The van der Waals surface area contributed by atoms with Crippen molar-refractivity contribution in [2.45, 2.75) is 51.8 Å². The molecule has 2 fully saturated rings. The maximum absolute atomic E-state index is 12.9. The van der Waals surface area contributed by atoms with E-state index < -0.39 is 77.1 Å². The van der Waals surface area contributed by atoms with Crippen molar-refractivity contribution in [3.8, 4) is 0 Å².